The summed E-state index contributed by atoms with van der Waals surface area (Å²) in [5, 5.41) is -0.0913. The lowest BCUT2D eigenvalue weighted by Gasteiger charge is -2.34. The molecule has 0 aromatic heterocycles. The van der Waals surface area contributed by atoms with Crippen LogP contribution in [0.1, 0.15) is 13.8 Å². The smallest absolute Gasteiger partial charge is 0.392 e. The average molecular weight is 451 g/mol. The number of allylic oxidation sites excluding steroid dienone is 4. The SMILES string of the molecule is CC(=O)OC1=CC2OC(C=C3Sc4ccccc4N3C(F)(F)C(C)(F)F)=CC=C2C=C1. The number of carbonyl (C=O) groups is 1. The third kappa shape index (κ3) is 4.01. The normalized spacial score (nSPS) is 21.6. The van der Waals surface area contributed by atoms with E-state index in [1.165, 1.54) is 25.1 Å². The molecule has 1 unspecified atom stereocenters. The van der Waals surface area contributed by atoms with Crippen LogP contribution in [0.2, 0.25) is 0 Å². The van der Waals surface area contributed by atoms with E-state index in [-0.39, 0.29) is 23.4 Å². The molecular formula is C22H17F4NO3S. The number of halogens is 4. The van der Waals surface area contributed by atoms with Gasteiger partial charge in [0.2, 0.25) is 0 Å². The molecule has 0 saturated heterocycles. The Morgan fingerprint density at radius 3 is 2.65 bits per heavy atom. The van der Waals surface area contributed by atoms with Gasteiger partial charge in [-0.2, -0.15) is 17.6 Å². The minimum Gasteiger partial charge on any atom is -0.481 e. The van der Waals surface area contributed by atoms with Crippen LogP contribution in [0, 0.1) is 0 Å². The van der Waals surface area contributed by atoms with Crippen LogP contribution in [0.5, 0.6) is 0 Å². The zero-order valence-corrected chi connectivity index (χ0v) is 17.3. The summed E-state index contributed by atoms with van der Waals surface area (Å²) in [7, 11) is 0. The molecule has 9 heteroatoms. The number of carbonyl (C=O) groups excluding carboxylic acids is 1. The van der Waals surface area contributed by atoms with E-state index in [0.717, 1.165) is 17.3 Å². The molecule has 4 rings (SSSR count). The molecule has 0 radical (unpaired) electrons. The highest BCUT2D eigenvalue weighted by molar-refractivity contribution is 8.03. The van der Waals surface area contributed by atoms with E-state index in [4.69, 9.17) is 9.47 Å². The maximum atomic E-state index is 14.7. The molecule has 0 N–H and O–H groups in total. The van der Waals surface area contributed by atoms with Crippen molar-refractivity contribution in [1.82, 2.24) is 0 Å². The Labute approximate surface area is 180 Å². The van der Waals surface area contributed by atoms with E-state index in [0.29, 0.717) is 15.6 Å². The quantitative estimate of drug-likeness (QED) is 0.323. The van der Waals surface area contributed by atoms with Gasteiger partial charge < -0.3 is 9.47 Å². The molecule has 162 valence electrons. The van der Waals surface area contributed by atoms with Crippen LogP contribution in [0.4, 0.5) is 23.2 Å². The molecule has 1 aliphatic carbocycles. The predicted octanol–water partition coefficient (Wildman–Crippen LogP) is 5.91. The van der Waals surface area contributed by atoms with Gasteiger partial charge in [0.15, 0.2) is 0 Å². The van der Waals surface area contributed by atoms with E-state index in [1.807, 2.05) is 0 Å². The summed E-state index contributed by atoms with van der Waals surface area (Å²) in [6, 6.07) is 1.67. The molecule has 31 heavy (non-hydrogen) atoms. The van der Waals surface area contributed by atoms with Crippen LogP contribution in [-0.2, 0) is 14.3 Å². The lowest BCUT2D eigenvalue weighted by atomic mass is 10.0. The van der Waals surface area contributed by atoms with E-state index < -0.39 is 24.0 Å². The fraction of sp³-hybridized carbons (Fsp3) is 0.227. The Morgan fingerprint density at radius 2 is 1.94 bits per heavy atom. The van der Waals surface area contributed by atoms with Gasteiger partial charge in [0.1, 0.15) is 17.6 Å². The number of anilines is 1. The number of ether oxygens (including phenoxy) is 2. The first-order valence-electron chi connectivity index (χ1n) is 9.27. The molecule has 0 spiro atoms. The molecule has 1 aromatic carbocycles. The van der Waals surface area contributed by atoms with E-state index in [9.17, 15) is 22.4 Å². The van der Waals surface area contributed by atoms with Gasteiger partial charge in [-0.25, -0.2) is 0 Å². The number of nitrogens with zero attached hydrogens (tertiary/aromatic N) is 1. The number of benzene rings is 1. The van der Waals surface area contributed by atoms with Crippen molar-refractivity contribution in [3.8, 4) is 0 Å². The summed E-state index contributed by atoms with van der Waals surface area (Å²) in [5.41, 5.74) is 0.762. The molecule has 1 atom stereocenters. The highest BCUT2D eigenvalue weighted by Crippen LogP contribution is 2.53. The van der Waals surface area contributed by atoms with Crippen molar-refractivity contribution < 1.29 is 31.8 Å². The monoisotopic (exact) mass is 451 g/mol. The number of hydrogen-bond acceptors (Lipinski definition) is 5. The summed E-state index contributed by atoms with van der Waals surface area (Å²) in [5.74, 6) is -4.27. The summed E-state index contributed by atoms with van der Waals surface area (Å²) in [6.45, 7) is 1.46. The van der Waals surface area contributed by atoms with Gasteiger partial charge in [0, 0.05) is 30.9 Å². The molecule has 2 aliphatic heterocycles. The van der Waals surface area contributed by atoms with Crippen molar-refractivity contribution in [2.75, 3.05) is 4.90 Å². The van der Waals surface area contributed by atoms with E-state index >= 15 is 0 Å². The number of rotatable bonds is 4. The van der Waals surface area contributed by atoms with E-state index in [2.05, 4.69) is 0 Å². The molecule has 2 heterocycles. The number of alkyl halides is 4. The summed E-state index contributed by atoms with van der Waals surface area (Å²) in [6.07, 6.45) is 8.88. The molecule has 0 bridgehead atoms. The van der Waals surface area contributed by atoms with Gasteiger partial charge in [-0.15, -0.1) is 0 Å². The minimum atomic E-state index is -4.45. The summed E-state index contributed by atoms with van der Waals surface area (Å²) in [4.78, 5) is 11.9. The number of fused-ring (bicyclic) bond motifs is 2. The van der Waals surface area contributed by atoms with Crippen LogP contribution >= 0.6 is 11.8 Å². The molecule has 4 nitrogen and oxygen atoms in total. The standard InChI is InChI=1S/C22H17F4NO3S/c1-13(28)29-15-9-7-14-8-10-16(30-18(14)11-15)12-20-27(22(25,26)21(2,23)24)17-5-3-4-6-19(17)31-20/h3-12,18H,1-2H3. The highest BCUT2D eigenvalue weighted by Gasteiger charge is 2.59. The van der Waals surface area contributed by atoms with Crippen molar-refractivity contribution in [2.24, 2.45) is 0 Å². The second-order valence-electron chi connectivity index (χ2n) is 7.09. The van der Waals surface area contributed by atoms with Gasteiger partial charge in [-0.05, 0) is 29.9 Å². The van der Waals surface area contributed by atoms with Crippen molar-refractivity contribution in [3.63, 3.8) is 0 Å². The van der Waals surface area contributed by atoms with Gasteiger partial charge >= 0.3 is 17.9 Å². The summed E-state index contributed by atoms with van der Waals surface area (Å²) < 4.78 is 68.0. The number of hydrogen-bond donors (Lipinski definition) is 0. The zero-order valence-electron chi connectivity index (χ0n) is 16.4. The maximum absolute atomic E-state index is 14.7. The number of esters is 1. The third-order valence-corrected chi connectivity index (χ3v) is 5.74. The van der Waals surface area contributed by atoms with Crippen molar-refractivity contribution in [1.29, 1.82) is 0 Å². The summed E-state index contributed by atoms with van der Waals surface area (Å²) >= 11 is 0.953. The maximum Gasteiger partial charge on any atom is 0.392 e. The van der Waals surface area contributed by atoms with Crippen LogP contribution in [0.15, 0.2) is 87.7 Å². The molecule has 0 fully saturated rings. The number of para-hydroxylation sites is 1. The topological polar surface area (TPSA) is 38.8 Å². The van der Waals surface area contributed by atoms with Gasteiger partial charge in [0.05, 0.1) is 10.7 Å². The average Bonchev–Trinajstić information content (AvgIpc) is 3.04. The van der Waals surface area contributed by atoms with Crippen molar-refractivity contribution in [2.45, 2.75) is 36.8 Å². The first-order valence-corrected chi connectivity index (χ1v) is 10.1. The Kier molecular flexibility index (Phi) is 5.25. The Hall–Kier alpha value is -2.94. The predicted molar refractivity (Wildman–Crippen MR) is 108 cm³/mol. The molecule has 0 saturated carbocycles. The number of thioether (sulfide) groups is 1. The molecular weight excluding hydrogens is 434 g/mol. The third-order valence-electron chi connectivity index (χ3n) is 4.66. The Morgan fingerprint density at radius 1 is 1.19 bits per heavy atom. The molecule has 1 aromatic rings. The largest absolute Gasteiger partial charge is 0.481 e. The lowest BCUT2D eigenvalue weighted by molar-refractivity contribution is -0.193. The van der Waals surface area contributed by atoms with Crippen LogP contribution < -0.4 is 4.90 Å². The van der Waals surface area contributed by atoms with Crippen LogP contribution in [0.25, 0.3) is 0 Å². The highest BCUT2D eigenvalue weighted by atomic mass is 32.2. The fourth-order valence-corrected chi connectivity index (χ4v) is 4.33. The van der Waals surface area contributed by atoms with Gasteiger partial charge in [-0.1, -0.05) is 36.0 Å². The second-order valence-corrected chi connectivity index (χ2v) is 8.15. The molecule has 3 aliphatic rings. The minimum absolute atomic E-state index is 0.00412. The van der Waals surface area contributed by atoms with Crippen LogP contribution in [0.3, 0.4) is 0 Å². The second kappa shape index (κ2) is 7.64. The van der Waals surface area contributed by atoms with Crippen LogP contribution in [-0.4, -0.2) is 24.0 Å². The zero-order chi connectivity index (χ0) is 22.4. The first-order chi connectivity index (χ1) is 14.6. The Bertz CT molecular complexity index is 1080. The first kappa shape index (κ1) is 21.3. The molecule has 0 amide bonds. The van der Waals surface area contributed by atoms with Crippen molar-refractivity contribution >= 4 is 23.4 Å². The fourth-order valence-electron chi connectivity index (χ4n) is 3.21. The van der Waals surface area contributed by atoms with Crippen molar-refractivity contribution in [3.05, 3.63) is 82.8 Å². The van der Waals surface area contributed by atoms with E-state index in [1.54, 1.807) is 42.5 Å². The Balaban J connectivity index is 1.68. The van der Waals surface area contributed by atoms with Gasteiger partial charge in [-0.3, -0.25) is 9.69 Å². The van der Waals surface area contributed by atoms with Gasteiger partial charge in [0.25, 0.3) is 0 Å². The lowest BCUT2D eigenvalue weighted by Crippen LogP contribution is -2.51.